The lowest BCUT2D eigenvalue weighted by molar-refractivity contribution is -0.127. The van der Waals surface area contributed by atoms with Crippen LogP contribution in [0.25, 0.3) is 0 Å². The van der Waals surface area contributed by atoms with E-state index in [2.05, 4.69) is 10.3 Å². The molecule has 0 saturated heterocycles. The number of likely N-dealkylation sites (N-methyl/N-ethyl adjacent to an activating group) is 1. The van der Waals surface area contributed by atoms with Crippen molar-refractivity contribution in [2.75, 3.05) is 27.7 Å². The largest absolute Gasteiger partial charge is 0.353 e. The predicted molar refractivity (Wildman–Crippen MR) is 105 cm³/mol. The summed E-state index contributed by atoms with van der Waals surface area (Å²) in [5.41, 5.74) is 0.417. The van der Waals surface area contributed by atoms with E-state index in [1.54, 1.807) is 38.2 Å². The second kappa shape index (κ2) is 9.41. The van der Waals surface area contributed by atoms with Gasteiger partial charge in [-0.2, -0.15) is 0 Å². The van der Waals surface area contributed by atoms with Gasteiger partial charge in [-0.25, -0.2) is 9.38 Å². The Balaban J connectivity index is 0.00000288. The number of aliphatic imine (C=N–C) groups is 1. The first kappa shape index (κ1) is 21.0. The van der Waals surface area contributed by atoms with Crippen LogP contribution in [0.2, 0.25) is 5.02 Å². The Morgan fingerprint density at radius 3 is 2.58 bits per heavy atom. The van der Waals surface area contributed by atoms with Gasteiger partial charge in [0.05, 0.1) is 0 Å². The molecule has 1 fully saturated rings. The van der Waals surface area contributed by atoms with E-state index in [1.165, 1.54) is 11.0 Å². The number of benzene rings is 1. The van der Waals surface area contributed by atoms with Gasteiger partial charge in [0.1, 0.15) is 12.4 Å². The van der Waals surface area contributed by atoms with Gasteiger partial charge in [-0.3, -0.25) is 4.79 Å². The molecule has 1 N–H and O–H groups in total. The first-order valence-electron chi connectivity index (χ1n) is 7.53. The van der Waals surface area contributed by atoms with Crippen LogP contribution in [0.5, 0.6) is 0 Å². The molecule has 1 saturated carbocycles. The Kier molecular flexibility index (Phi) is 8.21. The topological polar surface area (TPSA) is 47.9 Å². The fraction of sp³-hybridized carbons (Fsp3) is 0.500. The fourth-order valence-corrected chi connectivity index (χ4v) is 2.19. The van der Waals surface area contributed by atoms with E-state index in [1.807, 2.05) is 0 Å². The van der Waals surface area contributed by atoms with Crippen molar-refractivity contribution >= 4 is 47.4 Å². The highest BCUT2D eigenvalue weighted by Crippen LogP contribution is 2.22. The van der Waals surface area contributed by atoms with Crippen LogP contribution < -0.4 is 5.32 Å². The summed E-state index contributed by atoms with van der Waals surface area (Å²) in [5, 5.41) is 3.67. The van der Waals surface area contributed by atoms with Crippen LogP contribution in [0.15, 0.2) is 23.2 Å². The summed E-state index contributed by atoms with van der Waals surface area (Å²) in [6, 6.07) is 5.00. The van der Waals surface area contributed by atoms with E-state index in [0.29, 0.717) is 22.6 Å². The van der Waals surface area contributed by atoms with E-state index >= 15 is 0 Å². The second-order valence-corrected chi connectivity index (χ2v) is 6.31. The van der Waals surface area contributed by atoms with Gasteiger partial charge in [0.15, 0.2) is 5.96 Å². The van der Waals surface area contributed by atoms with Gasteiger partial charge in [0.25, 0.3) is 0 Å². The summed E-state index contributed by atoms with van der Waals surface area (Å²) >= 11 is 6.08. The minimum absolute atomic E-state index is 0. The van der Waals surface area contributed by atoms with Crippen LogP contribution >= 0.6 is 35.6 Å². The minimum atomic E-state index is -0.348. The smallest absolute Gasteiger partial charge is 0.243 e. The molecule has 1 amide bonds. The van der Waals surface area contributed by atoms with Crippen molar-refractivity contribution in [2.45, 2.75) is 25.4 Å². The zero-order valence-corrected chi connectivity index (χ0v) is 17.1. The fourth-order valence-electron chi connectivity index (χ4n) is 1.97. The van der Waals surface area contributed by atoms with Gasteiger partial charge >= 0.3 is 0 Å². The lowest BCUT2D eigenvalue weighted by Crippen LogP contribution is -2.40. The molecule has 1 aromatic carbocycles. The molecule has 0 aromatic heterocycles. The lowest BCUT2D eigenvalue weighted by Gasteiger charge is -2.23. The molecule has 0 unspecified atom stereocenters. The quantitative estimate of drug-likeness (QED) is 0.411. The summed E-state index contributed by atoms with van der Waals surface area (Å²) < 4.78 is 13.9. The number of guanidine groups is 1. The third-order valence-electron chi connectivity index (χ3n) is 3.59. The van der Waals surface area contributed by atoms with Gasteiger partial charge in [-0.05, 0) is 25.0 Å². The molecule has 5 nitrogen and oxygen atoms in total. The molecule has 0 atom stereocenters. The normalized spacial score (nSPS) is 14.0. The van der Waals surface area contributed by atoms with Crippen LogP contribution in [0.1, 0.15) is 18.4 Å². The monoisotopic (exact) mass is 468 g/mol. The Bertz CT molecular complexity index is 587. The van der Waals surface area contributed by atoms with Gasteiger partial charge in [-0.1, -0.05) is 17.7 Å². The van der Waals surface area contributed by atoms with Crippen LogP contribution in [0, 0.1) is 5.82 Å². The van der Waals surface area contributed by atoms with Crippen LogP contribution in [0.3, 0.4) is 0 Å². The molecule has 0 aliphatic heterocycles. The number of rotatable bonds is 5. The van der Waals surface area contributed by atoms with Crippen LogP contribution in [-0.4, -0.2) is 55.4 Å². The Labute approximate surface area is 164 Å². The van der Waals surface area contributed by atoms with Crippen molar-refractivity contribution in [1.82, 2.24) is 15.1 Å². The van der Waals surface area contributed by atoms with Gasteiger partial charge < -0.3 is 15.1 Å². The highest BCUT2D eigenvalue weighted by atomic mass is 127. The summed E-state index contributed by atoms with van der Waals surface area (Å²) in [6.45, 7) is 0.331. The number of nitrogens with one attached hydrogen (secondary N) is 1. The molecule has 0 heterocycles. The third-order valence-corrected chi connectivity index (χ3v) is 3.95. The second-order valence-electron chi connectivity index (χ2n) is 5.90. The number of halogens is 3. The summed E-state index contributed by atoms with van der Waals surface area (Å²) in [7, 11) is 5.18. The van der Waals surface area contributed by atoms with E-state index in [9.17, 15) is 9.18 Å². The molecule has 24 heavy (non-hydrogen) atoms. The molecule has 0 radical (unpaired) electrons. The van der Waals surface area contributed by atoms with Crippen molar-refractivity contribution in [3.63, 3.8) is 0 Å². The van der Waals surface area contributed by atoms with E-state index in [-0.39, 0.29) is 48.8 Å². The highest BCUT2D eigenvalue weighted by Gasteiger charge is 2.24. The Hall–Kier alpha value is -1.09. The number of amides is 1. The Morgan fingerprint density at radius 2 is 2.04 bits per heavy atom. The van der Waals surface area contributed by atoms with Gasteiger partial charge in [-0.15, -0.1) is 24.0 Å². The zero-order valence-electron chi connectivity index (χ0n) is 14.1. The number of carbonyl (C=O) groups is 1. The van der Waals surface area contributed by atoms with Gasteiger partial charge in [0.2, 0.25) is 5.91 Å². The first-order valence-corrected chi connectivity index (χ1v) is 7.91. The van der Waals surface area contributed by atoms with E-state index < -0.39 is 0 Å². The molecule has 1 aliphatic carbocycles. The Morgan fingerprint density at radius 1 is 1.38 bits per heavy atom. The summed E-state index contributed by atoms with van der Waals surface area (Å²) in [5.74, 6) is 0.152. The first-order chi connectivity index (χ1) is 10.9. The van der Waals surface area contributed by atoms with Crippen LogP contribution in [-0.2, 0) is 11.3 Å². The molecule has 8 heteroatoms. The SMILES string of the molecule is CN(C)C(=O)CN=C(NC1CC1)N(C)Cc1c(F)cccc1Cl.I. The summed E-state index contributed by atoms with van der Waals surface area (Å²) in [4.78, 5) is 19.4. The molecule has 2 rings (SSSR count). The molecular weight excluding hydrogens is 446 g/mol. The summed E-state index contributed by atoms with van der Waals surface area (Å²) in [6.07, 6.45) is 2.16. The third kappa shape index (κ3) is 6.08. The van der Waals surface area contributed by atoms with Crippen LogP contribution in [0.4, 0.5) is 4.39 Å². The van der Waals surface area contributed by atoms with E-state index in [0.717, 1.165) is 12.8 Å². The average molecular weight is 469 g/mol. The number of hydrogen-bond donors (Lipinski definition) is 1. The maximum atomic E-state index is 13.9. The van der Waals surface area contributed by atoms with Crippen molar-refractivity contribution in [3.8, 4) is 0 Å². The molecule has 134 valence electrons. The minimum Gasteiger partial charge on any atom is -0.353 e. The molecule has 1 aromatic rings. The zero-order chi connectivity index (χ0) is 17.0. The van der Waals surface area contributed by atoms with Gasteiger partial charge in [0, 0.05) is 44.3 Å². The lowest BCUT2D eigenvalue weighted by atomic mass is 10.2. The maximum absolute atomic E-state index is 13.9. The molecule has 0 spiro atoms. The predicted octanol–water partition coefficient (Wildman–Crippen LogP) is 2.73. The molecule has 1 aliphatic rings. The average Bonchev–Trinajstić information content (AvgIpc) is 3.30. The molecular formula is C16H23ClFIN4O. The van der Waals surface area contributed by atoms with Crippen molar-refractivity contribution < 1.29 is 9.18 Å². The van der Waals surface area contributed by atoms with Crippen molar-refractivity contribution in [1.29, 1.82) is 0 Å². The van der Waals surface area contributed by atoms with Crippen molar-refractivity contribution in [3.05, 3.63) is 34.6 Å². The molecule has 0 bridgehead atoms. The number of carbonyl (C=O) groups excluding carboxylic acids is 1. The number of hydrogen-bond acceptors (Lipinski definition) is 2. The standard InChI is InChI=1S/C16H22ClFN4O.HI/c1-21(2)15(23)9-19-16(20-11-7-8-11)22(3)10-12-13(17)5-4-6-14(12)18;/h4-6,11H,7-10H2,1-3H3,(H,19,20);1H. The van der Waals surface area contributed by atoms with E-state index in [4.69, 9.17) is 11.6 Å². The maximum Gasteiger partial charge on any atom is 0.243 e. The highest BCUT2D eigenvalue weighted by molar-refractivity contribution is 14.0. The number of nitrogens with zero attached hydrogens (tertiary/aromatic N) is 3. The van der Waals surface area contributed by atoms with Crippen molar-refractivity contribution in [2.24, 2.45) is 4.99 Å².